The van der Waals surface area contributed by atoms with Crippen molar-refractivity contribution in [2.24, 2.45) is 5.92 Å². The van der Waals surface area contributed by atoms with Crippen LogP contribution in [0.5, 0.6) is 0 Å². The summed E-state index contributed by atoms with van der Waals surface area (Å²) in [6, 6.07) is 21.4. The van der Waals surface area contributed by atoms with Gasteiger partial charge in [-0.25, -0.2) is 0 Å². The molecule has 3 aromatic carbocycles. The number of fused-ring (bicyclic) bond motifs is 2. The number of nitrogens with zero attached hydrogens (tertiary/aromatic N) is 5. The molecular weight excluding hydrogens is 736 g/mol. The standard InChI is InChI=1S/C41H49FN6O7Si/c1-27-37(56(2,3)42)35(23-36(50)44-21-7-10-32(44)25-49)55-41(27)33-22-31(48(53)54)15-16-34(33)45(39(41)52)24-28-11-13-29(14-12-28)46-26-47(30-8-5-4-6-9-30)40(38(46)51)17-19-43-20-18-40/h4-6,8-9,11-16,22,27,32,35,37,43,49H,7,10,17-21,23-26H2,1-3H3/t27-,32+,35+,37-,41+/m1/s1. The van der Waals surface area contributed by atoms with E-state index in [9.17, 15) is 29.6 Å². The average molecular weight is 785 g/mol. The Morgan fingerprint density at radius 1 is 1.04 bits per heavy atom. The predicted octanol–water partition coefficient (Wildman–Crippen LogP) is 5.22. The monoisotopic (exact) mass is 784 g/mol. The number of likely N-dealkylation sites (tertiary alicyclic amines) is 1. The fourth-order valence-electron chi connectivity index (χ4n) is 10.3. The predicted molar refractivity (Wildman–Crippen MR) is 211 cm³/mol. The molecule has 4 saturated heterocycles. The number of anilines is 3. The average Bonchev–Trinajstić information content (AvgIpc) is 3.92. The van der Waals surface area contributed by atoms with E-state index in [2.05, 4.69) is 10.2 Å². The zero-order chi connectivity index (χ0) is 39.6. The largest absolute Gasteiger partial charge is 0.394 e. The molecule has 13 nitrogen and oxygen atoms in total. The van der Waals surface area contributed by atoms with E-state index < -0.39 is 47.9 Å². The Balaban J connectivity index is 1.09. The lowest BCUT2D eigenvalue weighted by atomic mass is 9.82. The number of benzene rings is 3. The number of rotatable bonds is 9. The molecule has 296 valence electrons. The van der Waals surface area contributed by atoms with Gasteiger partial charge in [-0.3, -0.25) is 29.4 Å². The molecule has 2 spiro atoms. The summed E-state index contributed by atoms with van der Waals surface area (Å²) >= 11 is 0. The van der Waals surface area contributed by atoms with Crippen molar-refractivity contribution in [1.82, 2.24) is 10.2 Å². The van der Waals surface area contributed by atoms with Gasteiger partial charge in [-0.05, 0) is 87.8 Å². The summed E-state index contributed by atoms with van der Waals surface area (Å²) in [5.74, 6) is -1.42. The van der Waals surface area contributed by atoms with Crippen LogP contribution in [-0.2, 0) is 31.3 Å². The minimum atomic E-state index is -3.61. The van der Waals surface area contributed by atoms with Crippen molar-refractivity contribution in [2.45, 2.75) is 87.5 Å². The van der Waals surface area contributed by atoms with E-state index in [1.165, 1.54) is 12.1 Å². The Kier molecular flexibility index (Phi) is 9.78. The number of hydrogen-bond acceptors (Lipinski definition) is 9. The highest BCUT2D eigenvalue weighted by molar-refractivity contribution is 6.72. The first-order valence-electron chi connectivity index (χ1n) is 19.6. The molecule has 0 aromatic heterocycles. The van der Waals surface area contributed by atoms with Crippen LogP contribution < -0.4 is 20.0 Å². The quantitative estimate of drug-likeness (QED) is 0.129. The van der Waals surface area contributed by atoms with Crippen molar-refractivity contribution in [3.05, 3.63) is 94.0 Å². The van der Waals surface area contributed by atoms with Crippen molar-refractivity contribution in [3.63, 3.8) is 0 Å². The molecule has 3 amide bonds. The number of nitrogens with one attached hydrogen (secondary N) is 1. The van der Waals surface area contributed by atoms with E-state index in [0.717, 1.165) is 36.4 Å². The number of hydrogen-bond donors (Lipinski definition) is 2. The van der Waals surface area contributed by atoms with E-state index >= 15 is 4.11 Å². The highest BCUT2D eigenvalue weighted by Gasteiger charge is 2.67. The molecule has 0 radical (unpaired) electrons. The second-order valence-corrected chi connectivity index (χ2v) is 20.3. The van der Waals surface area contributed by atoms with Crippen LogP contribution in [0.25, 0.3) is 0 Å². The number of aliphatic hydroxyl groups excluding tert-OH is 1. The van der Waals surface area contributed by atoms with Gasteiger partial charge in [0.1, 0.15) is 5.54 Å². The topological polar surface area (TPSA) is 149 Å². The second-order valence-electron chi connectivity index (χ2n) is 16.5. The van der Waals surface area contributed by atoms with E-state index in [4.69, 9.17) is 4.74 Å². The molecule has 56 heavy (non-hydrogen) atoms. The number of amides is 3. The minimum Gasteiger partial charge on any atom is -0.394 e. The van der Waals surface area contributed by atoms with Crippen molar-refractivity contribution < 1.29 is 33.3 Å². The van der Waals surface area contributed by atoms with Gasteiger partial charge < -0.3 is 34.0 Å². The lowest BCUT2D eigenvalue weighted by Gasteiger charge is -2.39. The highest BCUT2D eigenvalue weighted by atomic mass is 28.4. The smallest absolute Gasteiger partial charge is 0.269 e. The maximum atomic E-state index is 16.4. The summed E-state index contributed by atoms with van der Waals surface area (Å²) in [5.41, 5.74) is -0.193. The Bertz CT molecular complexity index is 2030. The number of ether oxygens (including phenoxy) is 1. The fraction of sp³-hybridized carbons (Fsp3) is 0.488. The third-order valence-electron chi connectivity index (χ3n) is 13.0. The number of carbonyl (C=O) groups is 3. The molecule has 0 bridgehead atoms. The number of non-ortho nitro benzene ring substituents is 1. The number of nitro groups is 1. The highest BCUT2D eigenvalue weighted by Crippen LogP contribution is 2.61. The fourth-order valence-corrected chi connectivity index (χ4v) is 12.8. The molecule has 5 aliphatic heterocycles. The van der Waals surface area contributed by atoms with Gasteiger partial charge in [0.15, 0.2) is 5.60 Å². The van der Waals surface area contributed by atoms with Crippen LogP contribution in [0.3, 0.4) is 0 Å². The van der Waals surface area contributed by atoms with Crippen molar-refractivity contribution in [2.75, 3.05) is 47.6 Å². The number of halogens is 1. The molecular formula is C41H49FN6O7Si. The Labute approximate surface area is 326 Å². The lowest BCUT2D eigenvalue weighted by Crippen LogP contribution is -2.55. The Hall–Kier alpha value is -4.70. The van der Waals surface area contributed by atoms with Gasteiger partial charge in [0.05, 0.1) is 49.0 Å². The van der Waals surface area contributed by atoms with Gasteiger partial charge in [0.25, 0.3) is 17.5 Å². The third kappa shape index (κ3) is 6.10. The van der Waals surface area contributed by atoms with Gasteiger partial charge >= 0.3 is 0 Å². The van der Waals surface area contributed by atoms with Crippen LogP contribution >= 0.6 is 0 Å². The molecule has 2 N–H and O–H groups in total. The molecule has 5 aliphatic rings. The Morgan fingerprint density at radius 2 is 1.75 bits per heavy atom. The summed E-state index contributed by atoms with van der Waals surface area (Å²) in [4.78, 5) is 61.5. The zero-order valence-corrected chi connectivity index (χ0v) is 33.0. The molecule has 0 unspecified atom stereocenters. The molecule has 5 heterocycles. The summed E-state index contributed by atoms with van der Waals surface area (Å²) < 4.78 is 23.1. The van der Waals surface area contributed by atoms with E-state index in [1.54, 1.807) is 35.9 Å². The number of carbonyl (C=O) groups excluding carboxylic acids is 3. The number of para-hydroxylation sites is 1. The van der Waals surface area contributed by atoms with Crippen molar-refractivity contribution in [1.29, 1.82) is 0 Å². The van der Waals surface area contributed by atoms with Gasteiger partial charge in [0.2, 0.25) is 14.3 Å². The first-order chi connectivity index (χ1) is 26.8. The molecule has 0 aliphatic carbocycles. The van der Waals surface area contributed by atoms with E-state index in [-0.39, 0.29) is 43.1 Å². The molecule has 3 aromatic rings. The van der Waals surface area contributed by atoms with Gasteiger partial charge in [-0.15, -0.1) is 0 Å². The van der Waals surface area contributed by atoms with Crippen LogP contribution in [0.15, 0.2) is 72.8 Å². The minimum absolute atomic E-state index is 0.0497. The molecule has 4 fully saturated rings. The summed E-state index contributed by atoms with van der Waals surface area (Å²) in [6.07, 6.45) is 1.68. The molecule has 0 saturated carbocycles. The first-order valence-corrected chi connectivity index (χ1v) is 22.6. The van der Waals surface area contributed by atoms with Crippen molar-refractivity contribution >= 4 is 48.9 Å². The van der Waals surface area contributed by atoms with Crippen LogP contribution in [-0.4, -0.2) is 91.7 Å². The lowest BCUT2D eigenvalue weighted by molar-refractivity contribution is -0.385. The summed E-state index contributed by atoms with van der Waals surface area (Å²) in [6.45, 7) is 7.14. The van der Waals surface area contributed by atoms with Gasteiger partial charge in [-0.2, -0.15) is 0 Å². The number of nitro benzene ring substituents is 1. The zero-order valence-electron chi connectivity index (χ0n) is 32.0. The van der Waals surface area contributed by atoms with E-state index in [0.29, 0.717) is 43.7 Å². The first kappa shape index (κ1) is 38.2. The third-order valence-corrected chi connectivity index (χ3v) is 15.4. The summed E-state index contributed by atoms with van der Waals surface area (Å²) in [7, 11) is -3.61. The maximum absolute atomic E-state index is 16.4. The number of piperidine rings is 1. The molecule has 5 atom stereocenters. The van der Waals surface area contributed by atoms with Crippen molar-refractivity contribution in [3.8, 4) is 0 Å². The van der Waals surface area contributed by atoms with E-state index in [1.807, 2.05) is 59.5 Å². The van der Waals surface area contributed by atoms with Gasteiger partial charge in [0, 0.05) is 47.1 Å². The maximum Gasteiger partial charge on any atom is 0.269 e. The van der Waals surface area contributed by atoms with Crippen LogP contribution in [0.2, 0.25) is 18.6 Å². The summed E-state index contributed by atoms with van der Waals surface area (Å²) in [5, 5.41) is 25.3. The second kappa shape index (κ2) is 14.3. The van der Waals surface area contributed by atoms with Crippen LogP contribution in [0.4, 0.5) is 26.9 Å². The normalized spacial score (nSPS) is 27.2. The van der Waals surface area contributed by atoms with Crippen LogP contribution in [0, 0.1) is 16.0 Å². The van der Waals surface area contributed by atoms with Crippen LogP contribution in [0.1, 0.15) is 50.2 Å². The van der Waals surface area contributed by atoms with Gasteiger partial charge in [-0.1, -0.05) is 37.3 Å². The SMILES string of the molecule is C[C@@H]1[C@@H]([Si](C)(C)F)[C@H](CC(=O)N2CCC[C@H]2CO)O[C@@]12C(=O)N(Cc1ccc(N3CN(c4ccccc4)C4(CCNCC4)C3=O)cc1)c1ccc([N+](=O)[O-])cc12. The Morgan fingerprint density at radius 3 is 2.41 bits per heavy atom. The molecule has 8 rings (SSSR count). The molecule has 15 heteroatoms. The number of aliphatic hydroxyl groups is 1.